The van der Waals surface area contributed by atoms with Crippen molar-refractivity contribution in [3.05, 3.63) is 29.8 Å². The van der Waals surface area contributed by atoms with Crippen LogP contribution in [0.15, 0.2) is 24.3 Å². The second kappa shape index (κ2) is 7.45. The number of benzene rings is 1. The molecular weight excluding hydrogens is 272 g/mol. The molecule has 1 aromatic rings. The van der Waals surface area contributed by atoms with Gasteiger partial charge in [-0.2, -0.15) is 5.26 Å². The van der Waals surface area contributed by atoms with Crippen LogP contribution in [0.2, 0.25) is 0 Å². The lowest BCUT2D eigenvalue weighted by atomic mass is 9.70. The zero-order valence-corrected chi connectivity index (χ0v) is 13.8. The van der Waals surface area contributed by atoms with Crippen LogP contribution < -0.4 is 5.32 Å². The molecule has 118 valence electrons. The molecule has 22 heavy (non-hydrogen) atoms. The molecule has 1 fully saturated rings. The Morgan fingerprint density at radius 2 is 2.00 bits per heavy atom. The van der Waals surface area contributed by atoms with Gasteiger partial charge in [-0.05, 0) is 48.3 Å². The van der Waals surface area contributed by atoms with E-state index in [1.165, 1.54) is 6.42 Å². The Hall–Kier alpha value is -1.82. The van der Waals surface area contributed by atoms with Gasteiger partial charge in [0.15, 0.2) is 0 Å². The molecule has 0 unspecified atom stereocenters. The molecule has 2 rings (SSSR count). The summed E-state index contributed by atoms with van der Waals surface area (Å²) in [4.78, 5) is 12.7. The lowest BCUT2D eigenvalue weighted by Crippen LogP contribution is -2.36. The molecule has 1 saturated carbocycles. The summed E-state index contributed by atoms with van der Waals surface area (Å²) in [6.45, 7) is 6.68. The van der Waals surface area contributed by atoms with E-state index in [9.17, 15) is 4.79 Å². The van der Waals surface area contributed by atoms with E-state index in [4.69, 9.17) is 5.26 Å². The van der Waals surface area contributed by atoms with Crippen molar-refractivity contribution >= 4 is 11.6 Å². The topological polar surface area (TPSA) is 52.9 Å². The molecule has 0 radical (unpaired) electrons. The number of anilines is 1. The molecule has 0 spiro atoms. The minimum absolute atomic E-state index is 0.113. The molecule has 3 atom stereocenters. The molecule has 0 saturated heterocycles. The van der Waals surface area contributed by atoms with Crippen molar-refractivity contribution in [3.8, 4) is 6.07 Å². The lowest BCUT2D eigenvalue weighted by Gasteiger charge is -2.36. The third-order valence-electron chi connectivity index (χ3n) is 4.86. The van der Waals surface area contributed by atoms with Crippen LogP contribution in [-0.2, 0) is 11.2 Å². The van der Waals surface area contributed by atoms with Crippen molar-refractivity contribution in [3.63, 3.8) is 0 Å². The molecule has 3 heteroatoms. The third-order valence-corrected chi connectivity index (χ3v) is 4.86. The SMILES string of the molecule is CC(C)[C@@H]1CC[C@@H](C)C[C@@H]1C(=O)Nc1ccc(CC#N)cc1. The third kappa shape index (κ3) is 4.10. The monoisotopic (exact) mass is 298 g/mol. The number of hydrogen-bond acceptors (Lipinski definition) is 2. The van der Waals surface area contributed by atoms with Gasteiger partial charge in [0, 0.05) is 11.6 Å². The van der Waals surface area contributed by atoms with Crippen molar-refractivity contribution in [2.24, 2.45) is 23.7 Å². The standard InChI is InChI=1S/C19H26N2O/c1-13(2)17-9-4-14(3)12-18(17)19(22)21-16-7-5-15(6-8-16)10-11-20/h5-8,13-14,17-18H,4,9-10,12H2,1-3H3,(H,21,22)/t14-,17+,18+/m1/s1. The van der Waals surface area contributed by atoms with Crippen molar-refractivity contribution in [2.75, 3.05) is 5.32 Å². The number of nitriles is 1. The molecule has 3 nitrogen and oxygen atoms in total. The normalized spacial score (nSPS) is 24.8. The van der Waals surface area contributed by atoms with Gasteiger partial charge in [-0.3, -0.25) is 4.79 Å². The quantitative estimate of drug-likeness (QED) is 0.895. The van der Waals surface area contributed by atoms with Gasteiger partial charge in [-0.25, -0.2) is 0 Å². The molecule has 0 aromatic heterocycles. The number of rotatable bonds is 4. The van der Waals surface area contributed by atoms with Crippen LogP contribution in [0.4, 0.5) is 5.69 Å². The Kier molecular flexibility index (Phi) is 5.60. The Morgan fingerprint density at radius 3 is 2.59 bits per heavy atom. The van der Waals surface area contributed by atoms with E-state index in [2.05, 4.69) is 32.2 Å². The van der Waals surface area contributed by atoms with Crippen molar-refractivity contribution in [1.82, 2.24) is 0 Å². The van der Waals surface area contributed by atoms with Crippen LogP contribution in [-0.4, -0.2) is 5.91 Å². The molecule has 0 bridgehead atoms. The maximum atomic E-state index is 12.7. The molecule has 1 aliphatic rings. The first-order chi connectivity index (χ1) is 10.5. The summed E-state index contributed by atoms with van der Waals surface area (Å²) in [6.07, 6.45) is 3.78. The second-order valence-corrected chi connectivity index (χ2v) is 6.95. The highest BCUT2D eigenvalue weighted by Crippen LogP contribution is 2.38. The number of nitrogens with zero attached hydrogens (tertiary/aromatic N) is 1. The van der Waals surface area contributed by atoms with Crippen LogP contribution >= 0.6 is 0 Å². The lowest BCUT2D eigenvalue weighted by molar-refractivity contribution is -0.123. The second-order valence-electron chi connectivity index (χ2n) is 6.95. The average Bonchev–Trinajstić information content (AvgIpc) is 2.49. The van der Waals surface area contributed by atoms with Gasteiger partial charge in [0.2, 0.25) is 5.91 Å². The molecular formula is C19H26N2O. The largest absolute Gasteiger partial charge is 0.326 e. The zero-order valence-electron chi connectivity index (χ0n) is 13.8. The highest BCUT2D eigenvalue weighted by atomic mass is 16.1. The maximum absolute atomic E-state index is 12.7. The number of carbonyl (C=O) groups excluding carboxylic acids is 1. The summed E-state index contributed by atoms with van der Waals surface area (Å²) in [7, 11) is 0. The fourth-order valence-corrected chi connectivity index (χ4v) is 3.54. The van der Waals surface area contributed by atoms with Gasteiger partial charge in [-0.1, -0.05) is 39.3 Å². The van der Waals surface area contributed by atoms with Gasteiger partial charge < -0.3 is 5.32 Å². The van der Waals surface area contributed by atoms with Gasteiger partial charge in [0.25, 0.3) is 0 Å². The number of nitrogens with one attached hydrogen (secondary N) is 1. The molecule has 0 heterocycles. The first-order valence-corrected chi connectivity index (χ1v) is 8.28. The highest BCUT2D eigenvalue weighted by molar-refractivity contribution is 5.92. The van der Waals surface area contributed by atoms with E-state index >= 15 is 0 Å². The zero-order chi connectivity index (χ0) is 16.1. The molecule has 0 aliphatic heterocycles. The Balaban J connectivity index is 2.04. The van der Waals surface area contributed by atoms with Crippen LogP contribution in [0, 0.1) is 35.0 Å². The molecule has 1 N–H and O–H groups in total. The van der Waals surface area contributed by atoms with Gasteiger partial charge in [0.05, 0.1) is 12.5 Å². The van der Waals surface area contributed by atoms with E-state index in [0.717, 1.165) is 24.1 Å². The summed E-state index contributed by atoms with van der Waals surface area (Å²) < 4.78 is 0. The Bertz CT molecular complexity index is 542. The van der Waals surface area contributed by atoms with Gasteiger partial charge in [0.1, 0.15) is 0 Å². The van der Waals surface area contributed by atoms with E-state index in [1.54, 1.807) is 0 Å². The molecule has 1 aliphatic carbocycles. The Labute approximate surface area is 133 Å². The molecule has 1 amide bonds. The van der Waals surface area contributed by atoms with Crippen LogP contribution in [0.1, 0.15) is 45.6 Å². The first kappa shape index (κ1) is 16.5. The van der Waals surface area contributed by atoms with Crippen molar-refractivity contribution in [2.45, 2.75) is 46.5 Å². The van der Waals surface area contributed by atoms with Crippen molar-refractivity contribution < 1.29 is 4.79 Å². The summed E-state index contributed by atoms with van der Waals surface area (Å²) in [5.74, 6) is 1.92. The predicted octanol–water partition coefficient (Wildman–Crippen LogP) is 4.40. The minimum atomic E-state index is 0.113. The maximum Gasteiger partial charge on any atom is 0.227 e. The highest BCUT2D eigenvalue weighted by Gasteiger charge is 2.35. The van der Waals surface area contributed by atoms with Gasteiger partial charge >= 0.3 is 0 Å². The van der Waals surface area contributed by atoms with Crippen molar-refractivity contribution in [1.29, 1.82) is 5.26 Å². The summed E-state index contributed by atoms with van der Waals surface area (Å²) in [6, 6.07) is 9.72. The summed E-state index contributed by atoms with van der Waals surface area (Å²) >= 11 is 0. The van der Waals surface area contributed by atoms with E-state index in [1.807, 2.05) is 24.3 Å². The van der Waals surface area contributed by atoms with Crippen LogP contribution in [0.25, 0.3) is 0 Å². The number of amides is 1. The smallest absolute Gasteiger partial charge is 0.227 e. The number of carbonyl (C=O) groups is 1. The van der Waals surface area contributed by atoms with E-state index in [-0.39, 0.29) is 11.8 Å². The minimum Gasteiger partial charge on any atom is -0.326 e. The number of hydrogen-bond donors (Lipinski definition) is 1. The summed E-state index contributed by atoms with van der Waals surface area (Å²) in [5, 5.41) is 11.8. The Morgan fingerprint density at radius 1 is 1.32 bits per heavy atom. The summed E-state index contributed by atoms with van der Waals surface area (Å²) in [5.41, 5.74) is 1.80. The van der Waals surface area contributed by atoms with Crippen LogP contribution in [0.5, 0.6) is 0 Å². The fraction of sp³-hybridized carbons (Fsp3) is 0.579. The predicted molar refractivity (Wildman–Crippen MR) is 89.2 cm³/mol. The molecule has 1 aromatic carbocycles. The fourth-order valence-electron chi connectivity index (χ4n) is 3.54. The van der Waals surface area contributed by atoms with E-state index < -0.39 is 0 Å². The average molecular weight is 298 g/mol. The van der Waals surface area contributed by atoms with E-state index in [0.29, 0.717) is 24.2 Å². The van der Waals surface area contributed by atoms with Gasteiger partial charge in [-0.15, -0.1) is 0 Å². The first-order valence-electron chi connectivity index (χ1n) is 8.28. The van der Waals surface area contributed by atoms with Crippen LogP contribution in [0.3, 0.4) is 0 Å².